The lowest BCUT2D eigenvalue weighted by Crippen LogP contribution is -2.34. The number of nitrogens with zero attached hydrogens (tertiary/aromatic N) is 3. The predicted octanol–water partition coefficient (Wildman–Crippen LogP) is 3.74. The number of nitriles is 1. The van der Waals surface area contributed by atoms with Gasteiger partial charge < -0.3 is 15.7 Å². The molecule has 0 fully saturated rings. The second-order valence-corrected chi connectivity index (χ2v) is 10.8. The van der Waals surface area contributed by atoms with Crippen LogP contribution >= 0.6 is 0 Å². The molecule has 0 saturated heterocycles. The zero-order valence-electron chi connectivity index (χ0n) is 19.5. The molecule has 0 aliphatic rings. The maximum absolute atomic E-state index is 13.6. The molecule has 12 heteroatoms. The molecule has 0 unspecified atom stereocenters. The van der Waals surface area contributed by atoms with Gasteiger partial charge >= 0.3 is 6.18 Å². The number of alkyl halides is 3. The number of nitrogens with one attached hydrogen (secondary N) is 2. The molecule has 0 spiro atoms. The van der Waals surface area contributed by atoms with Gasteiger partial charge in [-0.3, -0.25) is 0 Å². The Morgan fingerprint density at radius 1 is 1.24 bits per heavy atom. The number of hydrogen-bond acceptors (Lipinski definition) is 8. The van der Waals surface area contributed by atoms with Crippen LogP contribution in [0.15, 0.2) is 29.3 Å². The van der Waals surface area contributed by atoms with E-state index in [1.54, 1.807) is 6.07 Å². The maximum Gasteiger partial charge on any atom is 0.433 e. The first-order valence-electron chi connectivity index (χ1n) is 10.4. The average molecular weight is 500 g/mol. The van der Waals surface area contributed by atoms with Crippen LogP contribution in [0.5, 0.6) is 0 Å². The Labute approximate surface area is 197 Å². The van der Waals surface area contributed by atoms with Gasteiger partial charge in [0.2, 0.25) is 5.95 Å². The summed E-state index contributed by atoms with van der Waals surface area (Å²) < 4.78 is 65.0. The van der Waals surface area contributed by atoms with Crippen LogP contribution in [0.25, 0.3) is 0 Å². The third-order valence-electron chi connectivity index (χ3n) is 5.29. The van der Waals surface area contributed by atoms with Crippen molar-refractivity contribution in [3.05, 3.63) is 41.2 Å². The van der Waals surface area contributed by atoms with Gasteiger partial charge in [0.05, 0.1) is 23.0 Å². The number of anilines is 2. The molecular weight excluding hydrogens is 471 g/mol. The van der Waals surface area contributed by atoms with Crippen molar-refractivity contribution in [2.75, 3.05) is 23.4 Å². The molecule has 2 rings (SSSR count). The quantitative estimate of drug-likeness (QED) is 0.476. The van der Waals surface area contributed by atoms with E-state index in [2.05, 4.69) is 20.6 Å². The molecule has 0 saturated carbocycles. The van der Waals surface area contributed by atoms with Crippen LogP contribution in [0.1, 0.15) is 44.5 Å². The van der Waals surface area contributed by atoms with Crippen molar-refractivity contribution < 1.29 is 26.7 Å². The van der Waals surface area contributed by atoms with Crippen molar-refractivity contribution in [1.82, 2.24) is 9.97 Å². The van der Waals surface area contributed by atoms with Gasteiger partial charge in [0.25, 0.3) is 0 Å². The van der Waals surface area contributed by atoms with E-state index < -0.39 is 39.8 Å². The van der Waals surface area contributed by atoms with E-state index in [-0.39, 0.29) is 34.4 Å². The van der Waals surface area contributed by atoms with Crippen LogP contribution in [0, 0.1) is 17.2 Å². The highest BCUT2D eigenvalue weighted by Gasteiger charge is 2.40. The Morgan fingerprint density at radius 2 is 1.88 bits per heavy atom. The molecule has 1 heterocycles. The summed E-state index contributed by atoms with van der Waals surface area (Å²) >= 11 is 0. The minimum atomic E-state index is -4.77. The molecule has 3 N–H and O–H groups in total. The fraction of sp³-hybridized carbons (Fsp3) is 0.500. The highest BCUT2D eigenvalue weighted by Crippen LogP contribution is 2.36. The minimum absolute atomic E-state index is 0.0112. The SMILES string of the molecule is CC(C)[C@H](CNc1ccc(CO)c(S(C)(=O)=O)c1)Nc1ncc(C(C)(C)C#N)c(C(F)(F)F)n1. The Morgan fingerprint density at radius 3 is 2.38 bits per heavy atom. The van der Waals surface area contributed by atoms with Crippen LogP contribution in [0.3, 0.4) is 0 Å². The Bertz CT molecular complexity index is 1180. The topological polar surface area (TPSA) is 128 Å². The van der Waals surface area contributed by atoms with Gasteiger partial charge in [-0.1, -0.05) is 19.9 Å². The third-order valence-corrected chi connectivity index (χ3v) is 6.47. The van der Waals surface area contributed by atoms with Gasteiger partial charge in [-0.2, -0.15) is 18.4 Å². The van der Waals surface area contributed by atoms with Crippen molar-refractivity contribution in [2.24, 2.45) is 5.92 Å². The first-order valence-corrected chi connectivity index (χ1v) is 12.3. The highest BCUT2D eigenvalue weighted by molar-refractivity contribution is 7.90. The van der Waals surface area contributed by atoms with Crippen molar-refractivity contribution in [3.8, 4) is 6.07 Å². The number of halogens is 3. The smallest absolute Gasteiger partial charge is 0.392 e. The summed E-state index contributed by atoms with van der Waals surface area (Å²) in [7, 11) is -3.57. The average Bonchev–Trinajstić information content (AvgIpc) is 2.74. The van der Waals surface area contributed by atoms with Crippen molar-refractivity contribution in [3.63, 3.8) is 0 Å². The van der Waals surface area contributed by atoms with Crippen LogP contribution in [0.4, 0.5) is 24.8 Å². The number of aliphatic hydroxyl groups is 1. The van der Waals surface area contributed by atoms with Crippen molar-refractivity contribution >= 4 is 21.5 Å². The molecule has 186 valence electrons. The second kappa shape index (κ2) is 10.1. The monoisotopic (exact) mass is 499 g/mol. The summed E-state index contributed by atoms with van der Waals surface area (Å²) in [5.41, 5.74) is -2.19. The van der Waals surface area contributed by atoms with Crippen molar-refractivity contribution in [1.29, 1.82) is 5.26 Å². The number of aliphatic hydroxyl groups excluding tert-OH is 1. The van der Waals surface area contributed by atoms with Gasteiger partial charge in [0, 0.05) is 36.3 Å². The number of sulfone groups is 1. The minimum Gasteiger partial charge on any atom is -0.392 e. The maximum atomic E-state index is 13.6. The van der Waals surface area contributed by atoms with E-state index in [0.717, 1.165) is 12.5 Å². The fourth-order valence-electron chi connectivity index (χ4n) is 3.17. The van der Waals surface area contributed by atoms with E-state index in [1.165, 1.54) is 26.0 Å². The van der Waals surface area contributed by atoms with Crippen molar-refractivity contribution in [2.45, 2.75) is 56.8 Å². The highest BCUT2D eigenvalue weighted by atomic mass is 32.2. The van der Waals surface area contributed by atoms with E-state index in [1.807, 2.05) is 19.9 Å². The molecule has 1 aromatic carbocycles. The second-order valence-electron chi connectivity index (χ2n) is 8.82. The zero-order chi connectivity index (χ0) is 25.9. The summed E-state index contributed by atoms with van der Waals surface area (Å²) in [4.78, 5) is 7.67. The molecule has 1 atom stereocenters. The number of aromatic nitrogens is 2. The molecule has 34 heavy (non-hydrogen) atoms. The first-order chi connectivity index (χ1) is 15.6. The molecule has 0 aliphatic carbocycles. The Balaban J connectivity index is 2.31. The van der Waals surface area contributed by atoms with Gasteiger partial charge in [-0.15, -0.1) is 0 Å². The first kappa shape index (κ1) is 27.3. The molecule has 8 nitrogen and oxygen atoms in total. The molecule has 0 amide bonds. The molecule has 1 aromatic heterocycles. The lowest BCUT2D eigenvalue weighted by atomic mass is 9.86. The van der Waals surface area contributed by atoms with E-state index in [4.69, 9.17) is 0 Å². The summed E-state index contributed by atoms with van der Waals surface area (Å²) in [5.74, 6) is -0.301. The predicted molar refractivity (Wildman–Crippen MR) is 122 cm³/mol. The number of hydrogen-bond donors (Lipinski definition) is 3. The van der Waals surface area contributed by atoms with E-state index in [0.29, 0.717) is 5.69 Å². The van der Waals surface area contributed by atoms with Gasteiger partial charge in [0.15, 0.2) is 15.5 Å². The Hall–Kier alpha value is -2.91. The van der Waals surface area contributed by atoms with Gasteiger partial charge in [-0.05, 0) is 37.5 Å². The van der Waals surface area contributed by atoms with Crippen LogP contribution < -0.4 is 10.6 Å². The molecule has 0 aliphatic heterocycles. The standard InChI is InChI=1S/C22H28F3N5O3S/c1-13(2)17(10-27-15-7-6-14(11-31)18(8-15)34(5,32)33)29-20-28-9-16(21(3,4)12-26)19(30-20)22(23,24)25/h6-9,13,17,27,31H,10-11H2,1-5H3,(H,28,29,30)/t17-/m0/s1. The van der Waals surface area contributed by atoms with Crippen LogP contribution in [-0.4, -0.2) is 42.3 Å². The summed E-state index contributed by atoms with van der Waals surface area (Å²) in [6, 6.07) is 5.92. The number of rotatable bonds is 9. The fourth-order valence-corrected chi connectivity index (χ4v) is 4.12. The molecule has 0 radical (unpaired) electrons. The lowest BCUT2D eigenvalue weighted by molar-refractivity contribution is -0.142. The third kappa shape index (κ3) is 6.57. The summed E-state index contributed by atoms with van der Waals surface area (Å²) in [6.45, 7) is 6.22. The largest absolute Gasteiger partial charge is 0.433 e. The normalized spacial score (nSPS) is 13.4. The van der Waals surface area contributed by atoms with Crippen LogP contribution in [-0.2, 0) is 28.0 Å². The van der Waals surface area contributed by atoms with E-state index in [9.17, 15) is 32.0 Å². The molecule has 2 aromatic rings. The van der Waals surface area contributed by atoms with Gasteiger partial charge in [0.1, 0.15) is 0 Å². The summed E-state index contributed by atoms with van der Waals surface area (Å²) in [6.07, 6.45) is -2.72. The Kier molecular flexibility index (Phi) is 8.16. The summed E-state index contributed by atoms with van der Waals surface area (Å²) in [5, 5.41) is 24.6. The zero-order valence-corrected chi connectivity index (χ0v) is 20.3. The lowest BCUT2D eigenvalue weighted by Gasteiger charge is -2.25. The molecular formula is C22H28F3N5O3S. The van der Waals surface area contributed by atoms with Crippen LogP contribution in [0.2, 0.25) is 0 Å². The number of benzene rings is 1. The van der Waals surface area contributed by atoms with Gasteiger partial charge in [-0.25, -0.2) is 18.4 Å². The van der Waals surface area contributed by atoms with E-state index >= 15 is 0 Å². The molecule has 0 bridgehead atoms.